The SMILES string of the molecule is Br.C=O.O. The van der Waals surface area contributed by atoms with Crippen molar-refractivity contribution in [1.82, 2.24) is 0 Å². The van der Waals surface area contributed by atoms with Crippen LogP contribution in [-0.4, -0.2) is 12.3 Å². The molecule has 0 saturated heterocycles. The van der Waals surface area contributed by atoms with Crippen molar-refractivity contribution < 1.29 is 10.3 Å². The predicted molar refractivity (Wildman–Crippen MR) is 21.1 cm³/mol. The Morgan fingerprint density at radius 3 is 1.25 bits per heavy atom. The molecule has 0 spiro atoms. The lowest BCUT2D eigenvalue weighted by Gasteiger charge is -0.837. The van der Waals surface area contributed by atoms with Crippen molar-refractivity contribution >= 4 is 23.8 Å². The van der Waals surface area contributed by atoms with E-state index >= 15 is 0 Å². The first kappa shape index (κ1) is 32.3. The summed E-state index contributed by atoms with van der Waals surface area (Å²) in [5, 5.41) is 0. The fraction of sp³-hybridized carbons (Fsp3) is 0. The Morgan fingerprint density at radius 1 is 1.25 bits per heavy atom. The second kappa shape index (κ2) is 1140. The maximum Gasteiger partial charge on any atom is 0.106 e. The van der Waals surface area contributed by atoms with E-state index in [1.807, 2.05) is 6.79 Å². The topological polar surface area (TPSA) is 48.6 Å². The molecule has 0 atom stereocenters. The zero-order valence-corrected chi connectivity index (χ0v) is 3.74. The summed E-state index contributed by atoms with van der Waals surface area (Å²) >= 11 is 0. The highest BCUT2D eigenvalue weighted by Gasteiger charge is 0.636. The lowest BCUT2D eigenvalue weighted by molar-refractivity contribution is -0.0979. The molecule has 4 heavy (non-hydrogen) atoms. The van der Waals surface area contributed by atoms with Crippen molar-refractivity contribution in [2.45, 2.75) is 0 Å². The highest BCUT2D eigenvalue weighted by atomic mass is 79.9. The van der Waals surface area contributed by atoms with Gasteiger partial charge in [0.15, 0.2) is 0 Å². The lowest BCUT2D eigenvalue weighted by Crippen LogP contribution is -0.925. The van der Waals surface area contributed by atoms with Gasteiger partial charge in [-0.25, -0.2) is 0 Å². The van der Waals surface area contributed by atoms with Crippen LogP contribution in [0.3, 0.4) is 0 Å². The summed E-state index contributed by atoms with van der Waals surface area (Å²) in [7, 11) is 0. The smallest absolute Gasteiger partial charge is 0.106 e. The van der Waals surface area contributed by atoms with Gasteiger partial charge < -0.3 is 10.3 Å². The normalized spacial score (nSPS) is 1.00. The number of hydrogen-bond donors (Lipinski definition) is 0. The molecule has 0 heterocycles. The Morgan fingerprint density at radius 2 is 1.25 bits per heavy atom. The quantitative estimate of drug-likeness (QED) is 0.437. The van der Waals surface area contributed by atoms with Crippen LogP contribution in [0.25, 0.3) is 0 Å². The fourth-order valence-corrected chi connectivity index (χ4v) is 0. The molecule has 3 heteroatoms. The molecular weight excluding hydrogens is 124 g/mol. The van der Waals surface area contributed by atoms with Gasteiger partial charge in [-0.05, 0) is 0 Å². The van der Waals surface area contributed by atoms with Crippen molar-refractivity contribution in [3.05, 3.63) is 0 Å². The van der Waals surface area contributed by atoms with Crippen molar-refractivity contribution in [2.24, 2.45) is 0 Å². The summed E-state index contributed by atoms with van der Waals surface area (Å²) in [6.45, 7) is 2.00. The van der Waals surface area contributed by atoms with Crippen LogP contribution in [0.5, 0.6) is 0 Å². The molecule has 0 aromatic carbocycles. The van der Waals surface area contributed by atoms with Crippen molar-refractivity contribution in [2.75, 3.05) is 0 Å². The van der Waals surface area contributed by atoms with Crippen LogP contribution in [0.1, 0.15) is 0 Å². The molecule has 0 radical (unpaired) electrons. The first-order chi connectivity index (χ1) is 1.00. The minimum Gasteiger partial charge on any atom is -0.412 e. The Bertz CT molecular complexity index is 6.00. The number of halogens is 1. The van der Waals surface area contributed by atoms with Crippen LogP contribution in [0, 0.1) is 0 Å². The standard InChI is InChI=1S/CH2O.BrH.H2O/c1-2;;/h1H2;1H;1H2. The Balaban J connectivity index is -0.00000000500. The number of hydrogen-bond acceptors (Lipinski definition) is 1. The molecule has 0 unspecified atom stereocenters. The Hall–Kier alpha value is 0.110. The maximum absolute atomic E-state index is 8.00. The molecule has 0 bridgehead atoms. The van der Waals surface area contributed by atoms with E-state index in [0.29, 0.717) is 0 Å². The Labute approximate surface area is 34.9 Å². The summed E-state index contributed by atoms with van der Waals surface area (Å²) in [6, 6.07) is 0. The van der Waals surface area contributed by atoms with E-state index in [9.17, 15) is 0 Å². The first-order valence-electron chi connectivity index (χ1n) is 0.289. The monoisotopic (exact) mass is 128 g/mol. The van der Waals surface area contributed by atoms with E-state index in [1.165, 1.54) is 0 Å². The van der Waals surface area contributed by atoms with Crippen LogP contribution in [-0.2, 0) is 4.79 Å². The summed E-state index contributed by atoms with van der Waals surface area (Å²) in [5.41, 5.74) is 0. The summed E-state index contributed by atoms with van der Waals surface area (Å²) < 4.78 is 0. The molecule has 0 amide bonds. The molecule has 0 aliphatic heterocycles. The van der Waals surface area contributed by atoms with Gasteiger partial charge in [0.25, 0.3) is 0 Å². The van der Waals surface area contributed by atoms with Gasteiger partial charge in [0.2, 0.25) is 0 Å². The summed E-state index contributed by atoms with van der Waals surface area (Å²) in [5.74, 6) is 0. The highest BCUT2D eigenvalue weighted by molar-refractivity contribution is 8.93. The van der Waals surface area contributed by atoms with Crippen LogP contribution < -0.4 is 0 Å². The number of rotatable bonds is 0. The van der Waals surface area contributed by atoms with E-state index in [4.69, 9.17) is 4.79 Å². The van der Waals surface area contributed by atoms with Gasteiger partial charge in [-0.1, -0.05) is 0 Å². The highest BCUT2D eigenvalue weighted by Crippen LogP contribution is 0.846. The molecule has 0 aliphatic rings. The fourth-order valence-electron chi connectivity index (χ4n) is 0. The van der Waals surface area contributed by atoms with Crippen LogP contribution in [0.2, 0.25) is 0 Å². The van der Waals surface area contributed by atoms with Crippen molar-refractivity contribution in [3.8, 4) is 0 Å². The van der Waals surface area contributed by atoms with Gasteiger partial charge in [-0.15, -0.1) is 17.0 Å². The first-order valence-corrected chi connectivity index (χ1v) is 0.289. The third-order valence-electron chi connectivity index (χ3n) is 0. The average Bonchev–Trinajstić information content (AvgIpc) is 1.00. The molecule has 2 N–H and O–H groups in total. The molecule has 0 fully saturated rings. The predicted octanol–water partition coefficient (Wildman–Crippen LogP) is -0.432. The largest absolute Gasteiger partial charge is 0.412 e. The molecule has 28 valence electrons. The van der Waals surface area contributed by atoms with Crippen LogP contribution >= 0.6 is 17.0 Å². The third kappa shape index (κ3) is 215. The zero-order chi connectivity index (χ0) is 2.00. The number of carbonyl (C=O) groups is 1. The van der Waals surface area contributed by atoms with Crippen molar-refractivity contribution in [1.29, 1.82) is 0 Å². The van der Waals surface area contributed by atoms with Gasteiger partial charge in [-0.3, -0.25) is 0 Å². The summed E-state index contributed by atoms with van der Waals surface area (Å²) in [6.07, 6.45) is 0. The minimum absolute atomic E-state index is 0. The van der Waals surface area contributed by atoms with Crippen LogP contribution in [0.4, 0.5) is 0 Å². The second-order valence-corrected chi connectivity index (χ2v) is 0. The number of carbonyl (C=O) groups excluding carboxylic acids is 1. The van der Waals surface area contributed by atoms with Crippen molar-refractivity contribution in [3.63, 3.8) is 0 Å². The zero-order valence-electron chi connectivity index (χ0n) is 2.02. The Kier molecular flexibility index (Phi) is 9230. The van der Waals surface area contributed by atoms with Gasteiger partial charge in [-0.2, -0.15) is 0 Å². The lowest BCUT2D eigenvalue weighted by atomic mass is 11.9. The van der Waals surface area contributed by atoms with E-state index in [2.05, 4.69) is 0 Å². The van der Waals surface area contributed by atoms with Gasteiger partial charge in [0, 0.05) is 0 Å². The molecule has 0 rings (SSSR count). The average molecular weight is 129 g/mol. The molecule has 0 aromatic rings. The maximum atomic E-state index is 8.00. The van der Waals surface area contributed by atoms with Gasteiger partial charge >= 0.3 is 0 Å². The van der Waals surface area contributed by atoms with Gasteiger partial charge in [0.1, 0.15) is 6.79 Å². The molecule has 0 aromatic heterocycles. The third-order valence-corrected chi connectivity index (χ3v) is 0. The van der Waals surface area contributed by atoms with E-state index in [-0.39, 0.29) is 22.5 Å². The minimum atomic E-state index is 0. The second-order valence-electron chi connectivity index (χ2n) is 0. The molecule has 0 aliphatic carbocycles. The molecule has 0 saturated carbocycles. The molecular formula is CH5BrO2. The van der Waals surface area contributed by atoms with E-state index < -0.39 is 0 Å². The van der Waals surface area contributed by atoms with Gasteiger partial charge in [0.05, 0.1) is 0 Å². The summed E-state index contributed by atoms with van der Waals surface area (Å²) in [4.78, 5) is 8.00. The van der Waals surface area contributed by atoms with E-state index in [1.54, 1.807) is 0 Å². The molecule has 2 nitrogen and oxygen atoms in total. The van der Waals surface area contributed by atoms with E-state index in [0.717, 1.165) is 0 Å². The van der Waals surface area contributed by atoms with Crippen LogP contribution in [0.15, 0.2) is 0 Å².